The second-order valence-electron chi connectivity index (χ2n) is 5.67. The fourth-order valence-corrected chi connectivity index (χ4v) is 2.22. The monoisotopic (exact) mass is 320 g/mol. The summed E-state index contributed by atoms with van der Waals surface area (Å²) in [5.74, 6) is 0.374. The molecule has 1 amide bonds. The predicted molar refractivity (Wildman–Crippen MR) is 86.3 cm³/mol. The van der Waals surface area contributed by atoms with Crippen molar-refractivity contribution in [2.45, 2.75) is 32.4 Å². The molecule has 1 N–H and O–H groups in total. The molecule has 6 nitrogen and oxygen atoms in total. The Morgan fingerprint density at radius 2 is 2.39 bits per heavy atom. The number of rotatable bonds is 7. The van der Waals surface area contributed by atoms with Gasteiger partial charge in [-0.1, -0.05) is 11.6 Å². The second-order valence-corrected chi connectivity index (χ2v) is 5.67. The van der Waals surface area contributed by atoms with Gasteiger partial charge >= 0.3 is 0 Å². The van der Waals surface area contributed by atoms with E-state index < -0.39 is 0 Å². The van der Waals surface area contributed by atoms with Crippen molar-refractivity contribution in [1.82, 2.24) is 10.3 Å². The van der Waals surface area contributed by atoms with E-state index in [9.17, 15) is 4.79 Å². The summed E-state index contributed by atoms with van der Waals surface area (Å²) >= 11 is 0. The van der Waals surface area contributed by atoms with Gasteiger partial charge in [0.15, 0.2) is 6.61 Å². The molecule has 0 unspecified atom stereocenters. The third-order valence-electron chi connectivity index (χ3n) is 3.45. The normalized spacial score (nSPS) is 20.6. The topological polar surface area (TPSA) is 69.7 Å². The van der Waals surface area contributed by atoms with E-state index in [1.807, 2.05) is 19.9 Å². The van der Waals surface area contributed by atoms with Gasteiger partial charge in [0.05, 0.1) is 31.6 Å². The predicted octanol–water partition coefficient (Wildman–Crippen LogP) is 1.72. The molecule has 2 rings (SSSR count). The second kappa shape index (κ2) is 9.27. The van der Waals surface area contributed by atoms with Crippen molar-refractivity contribution in [3.8, 4) is 5.75 Å². The van der Waals surface area contributed by atoms with Crippen molar-refractivity contribution < 1.29 is 19.0 Å². The number of ether oxygens (including phenoxy) is 3. The molecule has 0 saturated carbocycles. The van der Waals surface area contributed by atoms with E-state index in [-0.39, 0.29) is 24.7 Å². The molecule has 1 fully saturated rings. The summed E-state index contributed by atoms with van der Waals surface area (Å²) in [5, 5.41) is 2.92. The summed E-state index contributed by atoms with van der Waals surface area (Å²) in [6.07, 6.45) is 5.98. The molecule has 0 radical (unpaired) electrons. The molecular formula is C17H24N2O4. The standard InChI is InChI=1S/C17H24N2O4/c1-13(2)5-9-22-16-6-8-21-11-15(16)19-17(20)12-23-14-4-3-7-18-10-14/h3-5,7,10,15-16H,6,8-9,11-12H2,1-2H3,(H,19,20)/t15-,16+/m1/s1. The first-order chi connectivity index (χ1) is 11.1. The summed E-state index contributed by atoms with van der Waals surface area (Å²) in [6, 6.07) is 3.37. The molecule has 0 spiro atoms. The van der Waals surface area contributed by atoms with E-state index >= 15 is 0 Å². The number of hydrogen-bond donors (Lipinski definition) is 1. The first-order valence-electron chi connectivity index (χ1n) is 7.80. The van der Waals surface area contributed by atoms with Crippen molar-refractivity contribution in [2.24, 2.45) is 0 Å². The number of aromatic nitrogens is 1. The van der Waals surface area contributed by atoms with Gasteiger partial charge in [-0.2, -0.15) is 0 Å². The van der Waals surface area contributed by atoms with Crippen molar-refractivity contribution in [3.05, 3.63) is 36.2 Å². The molecule has 0 aliphatic carbocycles. The Kier molecular flexibility index (Phi) is 7.03. The molecule has 23 heavy (non-hydrogen) atoms. The number of nitrogens with one attached hydrogen (secondary N) is 1. The summed E-state index contributed by atoms with van der Waals surface area (Å²) in [5.41, 5.74) is 1.21. The molecule has 2 atom stereocenters. The SMILES string of the molecule is CC(C)=CCO[C@H]1CCOC[C@H]1NC(=O)COc1cccnc1. The minimum absolute atomic E-state index is 0.0401. The fourth-order valence-electron chi connectivity index (χ4n) is 2.22. The first kappa shape index (κ1) is 17.4. The number of amides is 1. The maximum absolute atomic E-state index is 12.0. The number of nitrogens with zero attached hydrogens (tertiary/aromatic N) is 1. The highest BCUT2D eigenvalue weighted by molar-refractivity contribution is 5.77. The number of pyridine rings is 1. The van der Waals surface area contributed by atoms with Gasteiger partial charge in [-0.05, 0) is 32.4 Å². The highest BCUT2D eigenvalue weighted by Crippen LogP contribution is 2.12. The van der Waals surface area contributed by atoms with Crippen LogP contribution in [0.25, 0.3) is 0 Å². The van der Waals surface area contributed by atoms with E-state index in [1.165, 1.54) is 5.57 Å². The maximum Gasteiger partial charge on any atom is 0.258 e. The quantitative estimate of drug-likeness (QED) is 0.775. The smallest absolute Gasteiger partial charge is 0.258 e. The van der Waals surface area contributed by atoms with Crippen LogP contribution < -0.4 is 10.1 Å². The fraction of sp³-hybridized carbons (Fsp3) is 0.529. The summed E-state index contributed by atoms with van der Waals surface area (Å²) < 4.78 is 16.7. The lowest BCUT2D eigenvalue weighted by Crippen LogP contribution is -2.51. The Hall–Kier alpha value is -1.92. The molecule has 0 aromatic carbocycles. The Bertz CT molecular complexity index is 515. The zero-order valence-corrected chi connectivity index (χ0v) is 13.7. The first-order valence-corrected chi connectivity index (χ1v) is 7.80. The molecule has 1 aromatic rings. The lowest BCUT2D eigenvalue weighted by atomic mass is 10.1. The Morgan fingerprint density at radius 3 is 3.13 bits per heavy atom. The molecule has 1 aliphatic heterocycles. The van der Waals surface area contributed by atoms with Gasteiger partial charge < -0.3 is 19.5 Å². The Morgan fingerprint density at radius 1 is 1.52 bits per heavy atom. The van der Waals surface area contributed by atoms with Gasteiger partial charge in [-0.25, -0.2) is 0 Å². The van der Waals surface area contributed by atoms with Crippen LogP contribution in [0, 0.1) is 0 Å². The molecular weight excluding hydrogens is 296 g/mol. The molecule has 1 aliphatic rings. The van der Waals surface area contributed by atoms with E-state index in [0.29, 0.717) is 25.6 Å². The average molecular weight is 320 g/mol. The van der Waals surface area contributed by atoms with E-state index in [2.05, 4.69) is 10.3 Å². The highest BCUT2D eigenvalue weighted by Gasteiger charge is 2.27. The molecule has 1 saturated heterocycles. The van der Waals surface area contributed by atoms with E-state index in [1.54, 1.807) is 24.5 Å². The van der Waals surface area contributed by atoms with Gasteiger partial charge in [-0.3, -0.25) is 9.78 Å². The van der Waals surface area contributed by atoms with Gasteiger partial charge in [-0.15, -0.1) is 0 Å². The van der Waals surface area contributed by atoms with E-state index in [4.69, 9.17) is 14.2 Å². The van der Waals surface area contributed by atoms with Crippen LogP contribution in [0.1, 0.15) is 20.3 Å². The van der Waals surface area contributed by atoms with Gasteiger partial charge in [0.2, 0.25) is 0 Å². The Balaban J connectivity index is 1.78. The van der Waals surface area contributed by atoms with Gasteiger partial charge in [0, 0.05) is 12.8 Å². The molecule has 1 aromatic heterocycles. The van der Waals surface area contributed by atoms with Crippen molar-refractivity contribution in [2.75, 3.05) is 26.4 Å². The van der Waals surface area contributed by atoms with Crippen LogP contribution in [0.15, 0.2) is 36.2 Å². The van der Waals surface area contributed by atoms with Crippen molar-refractivity contribution in [1.29, 1.82) is 0 Å². The third-order valence-corrected chi connectivity index (χ3v) is 3.45. The third kappa shape index (κ3) is 6.38. The summed E-state index contributed by atoms with van der Waals surface area (Å²) in [7, 11) is 0. The molecule has 6 heteroatoms. The number of hydrogen-bond acceptors (Lipinski definition) is 5. The summed E-state index contributed by atoms with van der Waals surface area (Å²) in [6.45, 7) is 5.66. The number of carbonyl (C=O) groups excluding carboxylic acids is 1. The molecule has 126 valence electrons. The lowest BCUT2D eigenvalue weighted by Gasteiger charge is -2.31. The van der Waals surface area contributed by atoms with Crippen LogP contribution in [-0.2, 0) is 14.3 Å². The van der Waals surface area contributed by atoms with Crippen LogP contribution in [0.4, 0.5) is 0 Å². The zero-order chi connectivity index (χ0) is 16.5. The largest absolute Gasteiger partial charge is 0.482 e. The van der Waals surface area contributed by atoms with Crippen LogP contribution in [-0.4, -0.2) is 49.5 Å². The van der Waals surface area contributed by atoms with Crippen LogP contribution in [0.5, 0.6) is 5.75 Å². The lowest BCUT2D eigenvalue weighted by molar-refractivity contribution is -0.127. The van der Waals surface area contributed by atoms with Crippen LogP contribution >= 0.6 is 0 Å². The van der Waals surface area contributed by atoms with Crippen LogP contribution in [0.2, 0.25) is 0 Å². The number of allylic oxidation sites excluding steroid dienone is 1. The average Bonchev–Trinajstić information content (AvgIpc) is 2.55. The maximum atomic E-state index is 12.0. The van der Waals surface area contributed by atoms with Crippen molar-refractivity contribution >= 4 is 5.91 Å². The van der Waals surface area contributed by atoms with Gasteiger partial charge in [0.1, 0.15) is 5.75 Å². The molecule has 0 bridgehead atoms. The highest BCUT2D eigenvalue weighted by atomic mass is 16.5. The Labute approximate surface area is 136 Å². The number of carbonyl (C=O) groups is 1. The van der Waals surface area contributed by atoms with E-state index in [0.717, 1.165) is 6.42 Å². The zero-order valence-electron chi connectivity index (χ0n) is 13.7. The van der Waals surface area contributed by atoms with Crippen molar-refractivity contribution in [3.63, 3.8) is 0 Å². The van der Waals surface area contributed by atoms with Gasteiger partial charge in [0.25, 0.3) is 5.91 Å². The van der Waals surface area contributed by atoms with Crippen LogP contribution in [0.3, 0.4) is 0 Å². The minimum atomic E-state index is -0.194. The summed E-state index contributed by atoms with van der Waals surface area (Å²) in [4.78, 5) is 16.0. The minimum Gasteiger partial charge on any atom is -0.482 e. The molecule has 2 heterocycles.